The van der Waals surface area contributed by atoms with E-state index in [1.54, 1.807) is 19.4 Å². The fraction of sp³-hybridized carbons (Fsp3) is 0.462. The SMILES string of the molecule is COC[C@](C)(N)c1cnc(OC2CC2)c2cnc(Cc3ccc4c(n3)[C@H](C)[C@@H](C)OC4=O)cc12. The highest BCUT2D eigenvalue weighted by atomic mass is 16.5. The summed E-state index contributed by atoms with van der Waals surface area (Å²) in [6, 6.07) is 5.70. The predicted molar refractivity (Wildman–Crippen MR) is 127 cm³/mol. The van der Waals surface area contributed by atoms with E-state index in [2.05, 4.69) is 4.98 Å². The van der Waals surface area contributed by atoms with Crippen molar-refractivity contribution in [2.45, 2.75) is 63.7 Å². The summed E-state index contributed by atoms with van der Waals surface area (Å²) < 4.78 is 16.8. The van der Waals surface area contributed by atoms with Gasteiger partial charge in [-0.1, -0.05) is 6.92 Å². The van der Waals surface area contributed by atoms with Gasteiger partial charge in [0.2, 0.25) is 5.88 Å². The molecule has 0 unspecified atom stereocenters. The molecule has 0 bridgehead atoms. The summed E-state index contributed by atoms with van der Waals surface area (Å²) in [6.45, 7) is 6.20. The average molecular weight is 463 g/mol. The molecule has 2 aliphatic rings. The van der Waals surface area contributed by atoms with Crippen molar-refractivity contribution in [3.63, 3.8) is 0 Å². The van der Waals surface area contributed by atoms with Gasteiger partial charge in [0.1, 0.15) is 12.2 Å². The largest absolute Gasteiger partial charge is 0.474 e. The number of carbonyl (C=O) groups is 1. The van der Waals surface area contributed by atoms with Crippen LogP contribution in [0.1, 0.15) is 72.5 Å². The summed E-state index contributed by atoms with van der Waals surface area (Å²) in [5.41, 5.74) is 9.77. The molecule has 0 aromatic carbocycles. The van der Waals surface area contributed by atoms with Crippen LogP contribution in [0.4, 0.5) is 0 Å². The molecule has 5 rings (SSSR count). The summed E-state index contributed by atoms with van der Waals surface area (Å²) in [7, 11) is 1.64. The lowest BCUT2D eigenvalue weighted by molar-refractivity contribution is 0.0234. The lowest BCUT2D eigenvalue weighted by Gasteiger charge is -2.27. The predicted octanol–water partition coefficient (Wildman–Crippen LogP) is 3.64. The lowest BCUT2D eigenvalue weighted by Crippen LogP contribution is -2.38. The minimum atomic E-state index is -0.729. The molecule has 0 saturated heterocycles. The van der Waals surface area contributed by atoms with Crippen molar-refractivity contribution >= 4 is 16.7 Å². The third-order valence-corrected chi connectivity index (χ3v) is 6.65. The molecule has 1 saturated carbocycles. The molecule has 178 valence electrons. The number of fused-ring (bicyclic) bond motifs is 2. The second kappa shape index (κ2) is 8.60. The lowest BCUT2D eigenvalue weighted by atomic mass is 9.91. The first kappa shape index (κ1) is 22.7. The molecule has 0 radical (unpaired) electrons. The molecule has 1 fully saturated rings. The summed E-state index contributed by atoms with van der Waals surface area (Å²) >= 11 is 0. The minimum absolute atomic E-state index is 0.0315. The first-order valence-electron chi connectivity index (χ1n) is 11.7. The summed E-state index contributed by atoms with van der Waals surface area (Å²) in [5.74, 6) is 0.301. The van der Waals surface area contributed by atoms with Crippen LogP contribution >= 0.6 is 0 Å². The summed E-state index contributed by atoms with van der Waals surface area (Å²) in [4.78, 5) is 26.3. The van der Waals surface area contributed by atoms with Crippen molar-refractivity contribution in [3.05, 3.63) is 58.8 Å². The number of rotatable bonds is 7. The van der Waals surface area contributed by atoms with Gasteiger partial charge in [-0.25, -0.2) is 9.78 Å². The van der Waals surface area contributed by atoms with Crippen LogP contribution in [0.2, 0.25) is 0 Å². The smallest absolute Gasteiger partial charge is 0.340 e. The Morgan fingerprint density at radius 3 is 2.68 bits per heavy atom. The van der Waals surface area contributed by atoms with Gasteiger partial charge in [0.05, 0.1) is 28.8 Å². The van der Waals surface area contributed by atoms with Gasteiger partial charge >= 0.3 is 5.97 Å². The molecule has 3 aromatic rings. The Bertz CT molecular complexity index is 1260. The Morgan fingerprint density at radius 2 is 1.94 bits per heavy atom. The van der Waals surface area contributed by atoms with E-state index in [1.165, 1.54) is 0 Å². The fourth-order valence-corrected chi connectivity index (χ4v) is 4.40. The number of nitrogens with two attached hydrogens (primary N) is 1. The molecule has 1 aliphatic carbocycles. The number of hydrogen-bond donors (Lipinski definition) is 1. The molecule has 0 spiro atoms. The second-order valence-corrected chi connectivity index (χ2v) is 9.68. The topological polar surface area (TPSA) is 109 Å². The first-order valence-corrected chi connectivity index (χ1v) is 11.7. The van der Waals surface area contributed by atoms with E-state index in [0.29, 0.717) is 24.5 Å². The molecule has 3 atom stereocenters. The zero-order chi connectivity index (χ0) is 24.0. The van der Waals surface area contributed by atoms with Crippen molar-refractivity contribution < 1.29 is 19.0 Å². The van der Waals surface area contributed by atoms with Gasteiger partial charge < -0.3 is 19.9 Å². The van der Waals surface area contributed by atoms with E-state index >= 15 is 0 Å². The minimum Gasteiger partial charge on any atom is -0.474 e. The number of hydrogen-bond acceptors (Lipinski definition) is 8. The third kappa shape index (κ3) is 4.23. The number of pyridine rings is 3. The molecule has 4 heterocycles. The Hall–Kier alpha value is -3.10. The maximum Gasteiger partial charge on any atom is 0.340 e. The van der Waals surface area contributed by atoms with Gasteiger partial charge in [-0.15, -0.1) is 0 Å². The van der Waals surface area contributed by atoms with Gasteiger partial charge in [-0.2, -0.15) is 0 Å². The molecular formula is C26H30N4O4. The van der Waals surface area contributed by atoms with Crippen LogP contribution in [0.15, 0.2) is 30.6 Å². The van der Waals surface area contributed by atoms with Gasteiger partial charge in [0.25, 0.3) is 0 Å². The monoisotopic (exact) mass is 462 g/mol. The van der Waals surface area contributed by atoms with Crippen molar-refractivity contribution in [1.29, 1.82) is 0 Å². The number of cyclic esters (lactones) is 1. The van der Waals surface area contributed by atoms with E-state index in [0.717, 1.165) is 46.3 Å². The van der Waals surface area contributed by atoms with Crippen LogP contribution in [-0.2, 0) is 21.4 Å². The Kier molecular flexibility index (Phi) is 5.73. The summed E-state index contributed by atoms with van der Waals surface area (Å²) in [6.07, 6.45) is 6.22. The van der Waals surface area contributed by atoms with Crippen LogP contribution in [0.5, 0.6) is 5.88 Å². The molecule has 3 aromatic heterocycles. The van der Waals surface area contributed by atoms with Crippen molar-refractivity contribution in [1.82, 2.24) is 15.0 Å². The third-order valence-electron chi connectivity index (χ3n) is 6.65. The van der Waals surface area contributed by atoms with Gasteiger partial charge in [0, 0.05) is 48.8 Å². The first-order chi connectivity index (χ1) is 16.3. The van der Waals surface area contributed by atoms with E-state index in [1.807, 2.05) is 39.1 Å². The zero-order valence-electron chi connectivity index (χ0n) is 20.0. The fourth-order valence-electron chi connectivity index (χ4n) is 4.40. The molecule has 8 nitrogen and oxygen atoms in total. The van der Waals surface area contributed by atoms with Crippen LogP contribution < -0.4 is 10.5 Å². The van der Waals surface area contributed by atoms with Crippen LogP contribution in [0.25, 0.3) is 10.8 Å². The van der Waals surface area contributed by atoms with Gasteiger partial charge in [-0.3, -0.25) is 9.97 Å². The standard InChI is InChI=1S/C26H30N4O4/c1-14-15(2)33-25(31)19-8-5-16(30-23(14)19)9-17-10-20-21(11-28-17)24(34-18-6-7-18)29-12-22(20)26(3,27)13-32-4/h5,8,10-12,14-15,18H,6-7,9,13,27H2,1-4H3/t14-,15-,26+/m1/s1. The van der Waals surface area contributed by atoms with Crippen molar-refractivity contribution in [2.24, 2.45) is 5.73 Å². The molecule has 34 heavy (non-hydrogen) atoms. The Morgan fingerprint density at radius 1 is 1.15 bits per heavy atom. The van der Waals surface area contributed by atoms with Crippen molar-refractivity contribution in [2.75, 3.05) is 13.7 Å². The maximum absolute atomic E-state index is 12.2. The summed E-state index contributed by atoms with van der Waals surface area (Å²) in [5, 5.41) is 1.78. The van der Waals surface area contributed by atoms with E-state index < -0.39 is 5.54 Å². The Labute approximate surface area is 198 Å². The van der Waals surface area contributed by atoms with E-state index in [4.69, 9.17) is 29.9 Å². The van der Waals surface area contributed by atoms with E-state index in [-0.39, 0.29) is 24.1 Å². The van der Waals surface area contributed by atoms with E-state index in [9.17, 15) is 4.79 Å². The zero-order valence-corrected chi connectivity index (χ0v) is 20.0. The molecule has 2 N–H and O–H groups in total. The molecule has 0 amide bonds. The second-order valence-electron chi connectivity index (χ2n) is 9.68. The van der Waals surface area contributed by atoms with Gasteiger partial charge in [0.15, 0.2) is 0 Å². The van der Waals surface area contributed by atoms with Gasteiger partial charge in [-0.05, 0) is 50.3 Å². The van der Waals surface area contributed by atoms with Crippen LogP contribution in [0.3, 0.4) is 0 Å². The number of nitrogens with zero attached hydrogens (tertiary/aromatic N) is 3. The normalized spacial score (nSPS) is 21.6. The molecular weight excluding hydrogens is 432 g/mol. The quantitative estimate of drug-likeness (QED) is 0.530. The number of carbonyl (C=O) groups excluding carboxylic acids is 1. The van der Waals surface area contributed by atoms with Crippen LogP contribution in [-0.4, -0.2) is 46.8 Å². The molecule has 8 heteroatoms. The van der Waals surface area contributed by atoms with Crippen LogP contribution in [0, 0.1) is 0 Å². The highest BCUT2D eigenvalue weighted by molar-refractivity contribution is 5.92. The highest BCUT2D eigenvalue weighted by Gasteiger charge is 2.32. The van der Waals surface area contributed by atoms with Crippen molar-refractivity contribution in [3.8, 4) is 5.88 Å². The molecule has 1 aliphatic heterocycles. The average Bonchev–Trinajstić information content (AvgIpc) is 3.61. The maximum atomic E-state index is 12.2. The Balaban J connectivity index is 1.54. The number of aromatic nitrogens is 3. The highest BCUT2D eigenvalue weighted by Crippen LogP contribution is 2.35. The number of methoxy groups -OCH3 is 1. The number of esters is 1. The number of ether oxygens (including phenoxy) is 3.